The topological polar surface area (TPSA) is 63.6 Å². The van der Waals surface area contributed by atoms with Crippen LogP contribution >= 0.6 is 0 Å². The van der Waals surface area contributed by atoms with E-state index in [0.717, 1.165) is 0 Å². The summed E-state index contributed by atoms with van der Waals surface area (Å²) >= 11 is 0. The molecule has 0 atom stereocenters. The molecule has 0 bridgehead atoms. The zero-order valence-corrected chi connectivity index (χ0v) is 7.90. The Hall–Kier alpha value is -1.84. The molecule has 1 N–H and O–H groups in total. The first-order valence-corrected chi connectivity index (χ1v) is 4.03. The summed E-state index contributed by atoms with van der Waals surface area (Å²) in [5.41, 5.74) is 0.775. The standard InChI is InChI=1S/C10H10O4/c1-6-5-8(14-7(2)11)3-4-9(6)10(12)13/h3-5H,1-2H3,(H,12,13). The zero-order valence-electron chi connectivity index (χ0n) is 7.90. The van der Waals surface area contributed by atoms with E-state index in [4.69, 9.17) is 9.84 Å². The number of carbonyl (C=O) groups is 2. The molecule has 0 radical (unpaired) electrons. The van der Waals surface area contributed by atoms with Crippen molar-refractivity contribution in [3.05, 3.63) is 29.3 Å². The summed E-state index contributed by atoms with van der Waals surface area (Å²) in [6, 6.07) is 4.39. The van der Waals surface area contributed by atoms with Gasteiger partial charge in [0.25, 0.3) is 0 Å². The van der Waals surface area contributed by atoms with Gasteiger partial charge < -0.3 is 9.84 Å². The van der Waals surface area contributed by atoms with Crippen molar-refractivity contribution in [2.45, 2.75) is 13.8 Å². The van der Waals surface area contributed by atoms with Gasteiger partial charge in [-0.3, -0.25) is 4.79 Å². The van der Waals surface area contributed by atoms with Crippen LogP contribution in [0.15, 0.2) is 18.2 Å². The Morgan fingerprint density at radius 2 is 2.00 bits per heavy atom. The first-order valence-electron chi connectivity index (χ1n) is 4.03. The van der Waals surface area contributed by atoms with Crippen molar-refractivity contribution >= 4 is 11.9 Å². The lowest BCUT2D eigenvalue weighted by Crippen LogP contribution is -2.04. The molecular weight excluding hydrogens is 184 g/mol. The molecule has 0 amide bonds. The summed E-state index contributed by atoms with van der Waals surface area (Å²) in [5, 5.41) is 8.73. The molecule has 0 heterocycles. The second-order valence-corrected chi connectivity index (χ2v) is 2.88. The third-order valence-corrected chi connectivity index (χ3v) is 1.69. The average Bonchev–Trinajstić information content (AvgIpc) is 2.01. The van der Waals surface area contributed by atoms with Gasteiger partial charge >= 0.3 is 11.9 Å². The van der Waals surface area contributed by atoms with Crippen LogP contribution in [0.1, 0.15) is 22.8 Å². The Balaban J connectivity index is 3.00. The number of ether oxygens (including phenoxy) is 1. The molecule has 0 unspecified atom stereocenters. The van der Waals surface area contributed by atoms with Gasteiger partial charge in [-0.05, 0) is 30.7 Å². The highest BCUT2D eigenvalue weighted by molar-refractivity contribution is 5.89. The highest BCUT2D eigenvalue weighted by Crippen LogP contribution is 2.17. The van der Waals surface area contributed by atoms with Crippen LogP contribution in [0.4, 0.5) is 0 Å². The zero-order chi connectivity index (χ0) is 10.7. The molecule has 0 spiro atoms. The molecule has 0 aliphatic carbocycles. The summed E-state index contributed by atoms with van der Waals surface area (Å²) in [6.07, 6.45) is 0. The summed E-state index contributed by atoms with van der Waals surface area (Å²) in [7, 11) is 0. The third kappa shape index (κ3) is 2.32. The molecule has 0 saturated carbocycles. The van der Waals surface area contributed by atoms with Crippen LogP contribution in [0, 0.1) is 6.92 Å². The van der Waals surface area contributed by atoms with Gasteiger partial charge in [-0.1, -0.05) is 0 Å². The minimum absolute atomic E-state index is 0.209. The Kier molecular flexibility index (Phi) is 2.86. The molecule has 1 aromatic carbocycles. The molecule has 0 saturated heterocycles. The first kappa shape index (κ1) is 10.2. The van der Waals surface area contributed by atoms with E-state index in [1.165, 1.54) is 25.1 Å². The van der Waals surface area contributed by atoms with Crippen LogP contribution in [-0.2, 0) is 4.79 Å². The fourth-order valence-corrected chi connectivity index (χ4v) is 1.11. The van der Waals surface area contributed by atoms with Gasteiger partial charge in [0.05, 0.1) is 5.56 Å². The number of aromatic carboxylic acids is 1. The summed E-state index contributed by atoms with van der Waals surface area (Å²) in [4.78, 5) is 21.3. The second kappa shape index (κ2) is 3.91. The van der Waals surface area contributed by atoms with Crippen LogP contribution < -0.4 is 4.74 Å². The Morgan fingerprint density at radius 1 is 1.36 bits per heavy atom. The number of esters is 1. The van der Waals surface area contributed by atoms with Gasteiger partial charge in [-0.2, -0.15) is 0 Å². The summed E-state index contributed by atoms with van der Waals surface area (Å²) in [5.74, 6) is -1.05. The van der Waals surface area contributed by atoms with Crippen molar-refractivity contribution in [1.82, 2.24) is 0 Å². The highest BCUT2D eigenvalue weighted by Gasteiger charge is 2.08. The van der Waals surface area contributed by atoms with Crippen molar-refractivity contribution in [2.24, 2.45) is 0 Å². The van der Waals surface area contributed by atoms with Crippen LogP contribution in [0.2, 0.25) is 0 Å². The van der Waals surface area contributed by atoms with Crippen LogP contribution in [-0.4, -0.2) is 17.0 Å². The van der Waals surface area contributed by atoms with Gasteiger partial charge in [0.1, 0.15) is 5.75 Å². The van der Waals surface area contributed by atoms with E-state index in [-0.39, 0.29) is 5.56 Å². The number of carboxylic acids is 1. The maximum atomic E-state index is 10.6. The number of carboxylic acid groups (broad SMARTS) is 1. The van der Waals surface area contributed by atoms with Gasteiger partial charge in [0, 0.05) is 6.92 Å². The normalized spacial score (nSPS) is 9.57. The third-order valence-electron chi connectivity index (χ3n) is 1.69. The molecule has 1 aromatic rings. The van der Waals surface area contributed by atoms with E-state index in [9.17, 15) is 9.59 Å². The van der Waals surface area contributed by atoms with Crippen molar-refractivity contribution in [1.29, 1.82) is 0 Å². The summed E-state index contributed by atoms with van der Waals surface area (Å²) in [6.45, 7) is 2.94. The van der Waals surface area contributed by atoms with Crippen molar-refractivity contribution in [3.63, 3.8) is 0 Å². The minimum atomic E-state index is -0.989. The quantitative estimate of drug-likeness (QED) is 0.574. The Bertz CT molecular complexity index is 382. The Morgan fingerprint density at radius 3 is 2.43 bits per heavy atom. The number of hydrogen-bond donors (Lipinski definition) is 1. The number of aryl methyl sites for hydroxylation is 1. The fraction of sp³-hybridized carbons (Fsp3) is 0.200. The maximum Gasteiger partial charge on any atom is 0.335 e. The summed E-state index contributed by atoms with van der Waals surface area (Å²) < 4.78 is 4.80. The lowest BCUT2D eigenvalue weighted by atomic mass is 10.1. The molecule has 4 heteroatoms. The predicted octanol–water partition coefficient (Wildman–Crippen LogP) is 1.62. The van der Waals surface area contributed by atoms with Gasteiger partial charge in [0.2, 0.25) is 0 Å². The molecule has 0 fully saturated rings. The van der Waals surface area contributed by atoms with Crippen molar-refractivity contribution < 1.29 is 19.4 Å². The monoisotopic (exact) mass is 194 g/mol. The predicted molar refractivity (Wildman–Crippen MR) is 49.4 cm³/mol. The molecule has 4 nitrogen and oxygen atoms in total. The van der Waals surface area contributed by atoms with E-state index in [2.05, 4.69) is 0 Å². The second-order valence-electron chi connectivity index (χ2n) is 2.88. The lowest BCUT2D eigenvalue weighted by Gasteiger charge is -2.04. The molecule has 14 heavy (non-hydrogen) atoms. The van der Waals surface area contributed by atoms with Crippen LogP contribution in [0.3, 0.4) is 0 Å². The first-order chi connectivity index (χ1) is 6.50. The molecule has 0 aromatic heterocycles. The number of benzene rings is 1. The highest BCUT2D eigenvalue weighted by atomic mass is 16.5. The van der Waals surface area contributed by atoms with Crippen molar-refractivity contribution in [3.8, 4) is 5.75 Å². The van der Waals surface area contributed by atoms with Gasteiger partial charge in [-0.25, -0.2) is 4.79 Å². The molecule has 0 aliphatic rings. The van der Waals surface area contributed by atoms with E-state index < -0.39 is 11.9 Å². The average molecular weight is 194 g/mol. The van der Waals surface area contributed by atoms with E-state index in [1.54, 1.807) is 6.92 Å². The number of carbonyl (C=O) groups excluding carboxylic acids is 1. The van der Waals surface area contributed by atoms with E-state index in [1.807, 2.05) is 0 Å². The number of hydrogen-bond acceptors (Lipinski definition) is 3. The minimum Gasteiger partial charge on any atom is -0.478 e. The SMILES string of the molecule is CC(=O)Oc1ccc(C(=O)O)c(C)c1. The molecule has 0 aliphatic heterocycles. The van der Waals surface area contributed by atoms with Gasteiger partial charge in [0.15, 0.2) is 0 Å². The van der Waals surface area contributed by atoms with E-state index in [0.29, 0.717) is 11.3 Å². The number of rotatable bonds is 2. The molecular formula is C10H10O4. The Labute approximate surface area is 81.1 Å². The van der Waals surface area contributed by atoms with E-state index >= 15 is 0 Å². The lowest BCUT2D eigenvalue weighted by molar-refractivity contribution is -0.131. The maximum absolute atomic E-state index is 10.6. The van der Waals surface area contributed by atoms with Crippen LogP contribution in [0.25, 0.3) is 0 Å². The fourth-order valence-electron chi connectivity index (χ4n) is 1.11. The largest absolute Gasteiger partial charge is 0.478 e. The van der Waals surface area contributed by atoms with Crippen LogP contribution in [0.5, 0.6) is 5.75 Å². The van der Waals surface area contributed by atoms with Crippen molar-refractivity contribution in [2.75, 3.05) is 0 Å². The van der Waals surface area contributed by atoms with Gasteiger partial charge in [-0.15, -0.1) is 0 Å². The molecule has 1 rings (SSSR count). The smallest absolute Gasteiger partial charge is 0.335 e. The molecule has 74 valence electrons.